The summed E-state index contributed by atoms with van der Waals surface area (Å²) in [6.07, 6.45) is 1.75. The Balaban J connectivity index is 2.37. The fourth-order valence-corrected chi connectivity index (χ4v) is 2.34. The molecule has 0 saturated heterocycles. The number of aromatic nitrogens is 3. The van der Waals surface area contributed by atoms with E-state index in [0.717, 1.165) is 6.07 Å². The minimum atomic E-state index is -0.516. The van der Waals surface area contributed by atoms with Crippen LogP contribution in [0.2, 0.25) is 0 Å². The van der Waals surface area contributed by atoms with Gasteiger partial charge in [-0.05, 0) is 19.1 Å². The molecule has 0 bridgehead atoms. The fourth-order valence-electron chi connectivity index (χ4n) is 2.34. The lowest BCUT2D eigenvalue weighted by molar-refractivity contribution is 0.469. The number of phenols is 1. The first-order valence-electron chi connectivity index (χ1n) is 6.05. The quantitative estimate of drug-likeness (QED) is 0.713. The lowest BCUT2D eigenvalue weighted by atomic mass is 10.1. The number of nitrogens with zero attached hydrogens (tertiary/aromatic N) is 3. The molecule has 0 radical (unpaired) electrons. The molecular formula is C14H13FN4O. The van der Waals surface area contributed by atoms with Gasteiger partial charge in [0.15, 0.2) is 0 Å². The summed E-state index contributed by atoms with van der Waals surface area (Å²) in [5.41, 5.74) is 7.57. The van der Waals surface area contributed by atoms with Crippen molar-refractivity contribution < 1.29 is 9.50 Å². The average Bonchev–Trinajstić information content (AvgIpc) is 2.67. The van der Waals surface area contributed by atoms with E-state index in [-0.39, 0.29) is 5.75 Å². The van der Waals surface area contributed by atoms with Crippen LogP contribution in [0.3, 0.4) is 0 Å². The van der Waals surface area contributed by atoms with Crippen molar-refractivity contribution in [2.45, 2.75) is 6.92 Å². The van der Waals surface area contributed by atoms with E-state index in [4.69, 9.17) is 5.73 Å². The van der Waals surface area contributed by atoms with Crippen LogP contribution in [-0.4, -0.2) is 19.6 Å². The third-order valence-corrected chi connectivity index (χ3v) is 3.20. The van der Waals surface area contributed by atoms with E-state index in [1.807, 2.05) is 7.05 Å². The Bertz CT molecular complexity index is 826. The molecule has 2 heterocycles. The van der Waals surface area contributed by atoms with Crippen LogP contribution in [0.25, 0.3) is 22.2 Å². The van der Waals surface area contributed by atoms with E-state index >= 15 is 0 Å². The molecule has 102 valence electrons. The minimum absolute atomic E-state index is 0.119. The number of halogens is 1. The molecule has 0 aliphatic carbocycles. The lowest BCUT2D eigenvalue weighted by Gasteiger charge is -2.04. The van der Waals surface area contributed by atoms with Crippen molar-refractivity contribution in [3.8, 4) is 16.9 Å². The molecule has 0 saturated carbocycles. The number of fused-ring (bicyclic) bond motifs is 1. The van der Waals surface area contributed by atoms with E-state index in [9.17, 15) is 9.50 Å². The highest BCUT2D eigenvalue weighted by atomic mass is 19.1. The van der Waals surface area contributed by atoms with Gasteiger partial charge in [-0.25, -0.2) is 14.4 Å². The average molecular weight is 272 g/mol. The second-order valence-electron chi connectivity index (χ2n) is 4.67. The Kier molecular flexibility index (Phi) is 2.60. The lowest BCUT2D eigenvalue weighted by Crippen LogP contribution is -1.98. The van der Waals surface area contributed by atoms with Crippen LogP contribution < -0.4 is 5.73 Å². The van der Waals surface area contributed by atoms with E-state index in [1.54, 1.807) is 17.7 Å². The summed E-state index contributed by atoms with van der Waals surface area (Å²) in [5.74, 6) is 0.244. The van der Waals surface area contributed by atoms with Gasteiger partial charge >= 0.3 is 0 Å². The monoisotopic (exact) mass is 272 g/mol. The zero-order valence-electron chi connectivity index (χ0n) is 11.1. The minimum Gasteiger partial charge on any atom is -0.508 e. The predicted octanol–water partition coefficient (Wildman–Crippen LogP) is 2.37. The molecule has 0 aliphatic heterocycles. The van der Waals surface area contributed by atoms with Gasteiger partial charge in [-0.15, -0.1) is 0 Å². The molecule has 0 unspecified atom stereocenters. The summed E-state index contributed by atoms with van der Waals surface area (Å²) in [6.45, 7) is 1.75. The summed E-state index contributed by atoms with van der Waals surface area (Å²) in [7, 11) is 1.82. The summed E-state index contributed by atoms with van der Waals surface area (Å²) < 4.78 is 15.8. The summed E-state index contributed by atoms with van der Waals surface area (Å²) in [4.78, 5) is 8.46. The molecule has 0 fully saturated rings. The van der Waals surface area contributed by atoms with Gasteiger partial charge in [-0.2, -0.15) is 0 Å². The van der Waals surface area contributed by atoms with Crippen LogP contribution in [0.4, 0.5) is 10.2 Å². The van der Waals surface area contributed by atoms with Crippen molar-refractivity contribution >= 4 is 16.9 Å². The van der Waals surface area contributed by atoms with Crippen LogP contribution in [0.5, 0.6) is 5.75 Å². The topological polar surface area (TPSA) is 77.0 Å². The Hall–Kier alpha value is -2.63. The van der Waals surface area contributed by atoms with Gasteiger partial charge in [0.2, 0.25) is 0 Å². The molecule has 2 aromatic heterocycles. The second kappa shape index (κ2) is 4.19. The number of benzene rings is 1. The van der Waals surface area contributed by atoms with Crippen molar-refractivity contribution in [3.05, 3.63) is 36.0 Å². The normalized spacial score (nSPS) is 11.2. The molecule has 1 aromatic carbocycles. The summed E-state index contributed by atoms with van der Waals surface area (Å²) in [6, 6.07) is 4.01. The van der Waals surface area contributed by atoms with Gasteiger partial charge in [-0.1, -0.05) is 0 Å². The molecule has 3 N–H and O–H groups in total. The number of aromatic hydroxyl groups is 1. The van der Waals surface area contributed by atoms with Crippen molar-refractivity contribution in [1.29, 1.82) is 0 Å². The van der Waals surface area contributed by atoms with Crippen LogP contribution >= 0.6 is 0 Å². The molecular weight excluding hydrogens is 259 g/mol. The number of anilines is 1. The molecule has 0 atom stereocenters. The molecule has 0 amide bonds. The summed E-state index contributed by atoms with van der Waals surface area (Å²) >= 11 is 0. The van der Waals surface area contributed by atoms with Crippen LogP contribution in [0.15, 0.2) is 24.4 Å². The highest BCUT2D eigenvalue weighted by Gasteiger charge is 2.17. The largest absolute Gasteiger partial charge is 0.508 e. The fraction of sp³-hybridized carbons (Fsp3) is 0.143. The van der Waals surface area contributed by atoms with Gasteiger partial charge < -0.3 is 15.4 Å². The summed E-state index contributed by atoms with van der Waals surface area (Å²) in [5, 5.41) is 9.91. The number of nitrogens with two attached hydrogens (primary N) is 1. The first kappa shape index (κ1) is 12.4. The van der Waals surface area contributed by atoms with E-state index in [1.165, 1.54) is 12.1 Å². The van der Waals surface area contributed by atoms with Crippen LogP contribution in [0, 0.1) is 12.7 Å². The zero-order valence-corrected chi connectivity index (χ0v) is 11.1. The molecule has 6 heteroatoms. The maximum atomic E-state index is 14.0. The number of phenolic OH excluding ortho intramolecular Hbond substituents is 1. The maximum Gasteiger partial charge on any atom is 0.146 e. The first-order valence-corrected chi connectivity index (χ1v) is 6.05. The molecule has 3 aromatic rings. The van der Waals surface area contributed by atoms with Crippen LogP contribution in [0.1, 0.15) is 5.82 Å². The van der Waals surface area contributed by atoms with E-state index < -0.39 is 5.82 Å². The molecule has 3 rings (SSSR count). The predicted molar refractivity (Wildman–Crippen MR) is 74.7 cm³/mol. The van der Waals surface area contributed by atoms with Crippen molar-refractivity contribution in [2.24, 2.45) is 7.05 Å². The van der Waals surface area contributed by atoms with E-state index in [0.29, 0.717) is 33.8 Å². The van der Waals surface area contributed by atoms with Crippen molar-refractivity contribution in [3.63, 3.8) is 0 Å². The van der Waals surface area contributed by atoms with Gasteiger partial charge in [0, 0.05) is 30.4 Å². The SMILES string of the molecule is Cc1nc(N)c2c(-c3ccc(O)cc3F)cn(C)c2n1. The van der Waals surface area contributed by atoms with Gasteiger partial charge in [0.1, 0.15) is 28.9 Å². The van der Waals surface area contributed by atoms with E-state index in [2.05, 4.69) is 9.97 Å². The Labute approximate surface area is 114 Å². The zero-order chi connectivity index (χ0) is 14.4. The Morgan fingerprint density at radius 2 is 2.00 bits per heavy atom. The third-order valence-electron chi connectivity index (χ3n) is 3.20. The van der Waals surface area contributed by atoms with Crippen molar-refractivity contribution in [2.75, 3.05) is 5.73 Å². The van der Waals surface area contributed by atoms with Gasteiger partial charge in [-0.3, -0.25) is 0 Å². The number of hydrogen-bond donors (Lipinski definition) is 2. The van der Waals surface area contributed by atoms with Gasteiger partial charge in [0.05, 0.1) is 5.39 Å². The number of hydrogen-bond acceptors (Lipinski definition) is 4. The molecule has 0 spiro atoms. The highest BCUT2D eigenvalue weighted by Crippen LogP contribution is 2.34. The van der Waals surface area contributed by atoms with Crippen LogP contribution in [-0.2, 0) is 7.05 Å². The maximum absolute atomic E-state index is 14.0. The smallest absolute Gasteiger partial charge is 0.146 e. The molecule has 5 nitrogen and oxygen atoms in total. The highest BCUT2D eigenvalue weighted by molar-refractivity contribution is 6.00. The standard InChI is InChI=1S/C14H13FN4O/c1-7-17-13(16)12-10(6-19(2)14(12)18-7)9-4-3-8(20)5-11(9)15/h3-6,20H,1-2H3,(H2,16,17,18). The third kappa shape index (κ3) is 1.77. The number of aryl methyl sites for hydroxylation is 2. The first-order chi connectivity index (χ1) is 9.47. The van der Waals surface area contributed by atoms with Gasteiger partial charge in [0.25, 0.3) is 0 Å². The number of rotatable bonds is 1. The Morgan fingerprint density at radius 3 is 2.70 bits per heavy atom. The Morgan fingerprint density at radius 1 is 1.25 bits per heavy atom. The molecule has 0 aliphatic rings. The second-order valence-corrected chi connectivity index (χ2v) is 4.67. The number of nitrogen functional groups attached to an aromatic ring is 1. The molecule has 20 heavy (non-hydrogen) atoms. The van der Waals surface area contributed by atoms with Crippen molar-refractivity contribution in [1.82, 2.24) is 14.5 Å².